The minimum Gasteiger partial charge on any atom is -0.349 e. The van der Waals surface area contributed by atoms with Crippen LogP contribution in [-0.4, -0.2) is 34.4 Å². The lowest BCUT2D eigenvalue weighted by Crippen LogP contribution is -2.34. The quantitative estimate of drug-likeness (QED) is 0.910. The summed E-state index contributed by atoms with van der Waals surface area (Å²) in [5.74, 6) is 1.11. The van der Waals surface area contributed by atoms with E-state index < -0.39 is 0 Å². The van der Waals surface area contributed by atoms with Crippen molar-refractivity contribution in [1.82, 2.24) is 20.0 Å². The average Bonchev–Trinajstić information content (AvgIpc) is 3.07. The number of nitrogens with zero attached hydrogens (tertiary/aromatic N) is 2. The predicted molar refractivity (Wildman–Crippen MR) is 89.8 cm³/mol. The number of carbonyl (C=O) groups excluding carboxylic acids is 1. The Bertz CT molecular complexity index is 741. The van der Waals surface area contributed by atoms with Gasteiger partial charge in [-0.25, -0.2) is 4.98 Å². The van der Waals surface area contributed by atoms with E-state index in [9.17, 15) is 4.79 Å². The number of hydrogen-bond acceptors (Lipinski definition) is 3. The van der Waals surface area contributed by atoms with Crippen molar-refractivity contribution in [3.05, 3.63) is 35.3 Å². The highest BCUT2D eigenvalue weighted by molar-refractivity contribution is 6.00. The van der Waals surface area contributed by atoms with Crippen LogP contribution in [0.1, 0.15) is 53.8 Å². The molecule has 1 saturated heterocycles. The summed E-state index contributed by atoms with van der Waals surface area (Å²) >= 11 is 0. The SMILES string of the molecule is Cc1cc(C2CCNC2)nc2c(C(=O)NC(C)C3CC3)ccn12. The summed E-state index contributed by atoms with van der Waals surface area (Å²) in [6.45, 7) is 6.20. The highest BCUT2D eigenvalue weighted by Crippen LogP contribution is 2.32. The molecule has 2 fully saturated rings. The van der Waals surface area contributed by atoms with Crippen molar-refractivity contribution in [1.29, 1.82) is 0 Å². The molecule has 1 aliphatic heterocycles. The van der Waals surface area contributed by atoms with Gasteiger partial charge < -0.3 is 15.0 Å². The number of rotatable bonds is 4. The highest BCUT2D eigenvalue weighted by atomic mass is 16.1. The van der Waals surface area contributed by atoms with Gasteiger partial charge in [0, 0.05) is 36.1 Å². The number of nitrogens with one attached hydrogen (secondary N) is 2. The molecule has 122 valence electrons. The molecule has 0 bridgehead atoms. The molecule has 2 aromatic rings. The van der Waals surface area contributed by atoms with E-state index in [1.54, 1.807) is 0 Å². The molecule has 0 aromatic carbocycles. The van der Waals surface area contributed by atoms with Gasteiger partial charge in [0.25, 0.3) is 5.91 Å². The normalized spacial score (nSPS) is 22.4. The third-order valence-corrected chi connectivity index (χ3v) is 5.24. The minimum atomic E-state index is 0.000460. The van der Waals surface area contributed by atoms with Crippen LogP contribution in [-0.2, 0) is 0 Å². The monoisotopic (exact) mass is 312 g/mol. The van der Waals surface area contributed by atoms with E-state index in [4.69, 9.17) is 4.98 Å². The molecule has 0 radical (unpaired) electrons. The van der Waals surface area contributed by atoms with Crippen LogP contribution in [0.2, 0.25) is 0 Å². The minimum absolute atomic E-state index is 0.000460. The first-order valence-electron chi connectivity index (χ1n) is 8.63. The summed E-state index contributed by atoms with van der Waals surface area (Å²) in [5, 5.41) is 6.53. The van der Waals surface area contributed by atoms with Crippen molar-refractivity contribution in [2.24, 2.45) is 5.92 Å². The lowest BCUT2D eigenvalue weighted by atomic mass is 10.0. The number of aromatic nitrogens is 2. The molecule has 2 aromatic heterocycles. The summed E-state index contributed by atoms with van der Waals surface area (Å²) in [6.07, 6.45) is 5.52. The lowest BCUT2D eigenvalue weighted by molar-refractivity contribution is 0.0937. The zero-order valence-electron chi connectivity index (χ0n) is 13.8. The topological polar surface area (TPSA) is 58.4 Å². The molecule has 3 heterocycles. The molecule has 1 amide bonds. The van der Waals surface area contributed by atoms with Crippen molar-refractivity contribution in [2.45, 2.75) is 45.1 Å². The van der Waals surface area contributed by atoms with Crippen molar-refractivity contribution in [3.8, 4) is 0 Å². The van der Waals surface area contributed by atoms with Crippen LogP contribution < -0.4 is 10.6 Å². The molecular weight excluding hydrogens is 288 g/mol. The first-order valence-corrected chi connectivity index (χ1v) is 8.63. The van der Waals surface area contributed by atoms with Crippen LogP contribution in [0.5, 0.6) is 0 Å². The molecular formula is C18H24N4O. The van der Waals surface area contributed by atoms with Crippen LogP contribution in [0.25, 0.3) is 5.65 Å². The standard InChI is InChI=1S/C18H24N4O/c1-11-9-16(14-5-7-19-10-14)21-17-15(6-8-22(11)17)18(23)20-12(2)13-3-4-13/h6,8-9,12-14,19H,3-5,7,10H2,1-2H3,(H,20,23). The van der Waals surface area contributed by atoms with Gasteiger partial charge in [-0.15, -0.1) is 0 Å². The van der Waals surface area contributed by atoms with E-state index in [0.717, 1.165) is 36.5 Å². The maximum atomic E-state index is 12.6. The fraction of sp³-hybridized carbons (Fsp3) is 0.556. The van der Waals surface area contributed by atoms with Crippen LogP contribution in [0.3, 0.4) is 0 Å². The molecule has 2 aliphatic rings. The van der Waals surface area contributed by atoms with Crippen LogP contribution in [0.15, 0.2) is 18.3 Å². The second kappa shape index (κ2) is 5.64. The van der Waals surface area contributed by atoms with E-state index in [0.29, 0.717) is 17.4 Å². The molecule has 5 heteroatoms. The molecule has 4 rings (SSSR count). The zero-order valence-corrected chi connectivity index (χ0v) is 13.8. The molecule has 23 heavy (non-hydrogen) atoms. The summed E-state index contributed by atoms with van der Waals surface area (Å²) < 4.78 is 2.02. The Hall–Kier alpha value is -1.88. The molecule has 5 nitrogen and oxygen atoms in total. The molecule has 0 spiro atoms. The van der Waals surface area contributed by atoms with Gasteiger partial charge in [0.2, 0.25) is 0 Å². The summed E-state index contributed by atoms with van der Waals surface area (Å²) in [5.41, 5.74) is 3.70. The molecule has 1 aliphatic carbocycles. The van der Waals surface area contributed by atoms with Gasteiger partial charge >= 0.3 is 0 Å². The summed E-state index contributed by atoms with van der Waals surface area (Å²) in [6, 6.07) is 4.29. The fourth-order valence-electron chi connectivity index (χ4n) is 3.55. The van der Waals surface area contributed by atoms with Crippen molar-refractivity contribution >= 4 is 11.6 Å². The smallest absolute Gasteiger partial charge is 0.255 e. The fourth-order valence-corrected chi connectivity index (χ4v) is 3.55. The van der Waals surface area contributed by atoms with Gasteiger partial charge in [0.05, 0.1) is 5.56 Å². The summed E-state index contributed by atoms with van der Waals surface area (Å²) in [7, 11) is 0. The first-order chi connectivity index (χ1) is 11.1. The van der Waals surface area contributed by atoms with E-state index in [1.165, 1.54) is 12.8 Å². The zero-order chi connectivity index (χ0) is 16.0. The average molecular weight is 312 g/mol. The maximum Gasteiger partial charge on any atom is 0.255 e. The Morgan fingerprint density at radius 3 is 2.96 bits per heavy atom. The lowest BCUT2D eigenvalue weighted by Gasteiger charge is -2.13. The maximum absolute atomic E-state index is 12.6. The van der Waals surface area contributed by atoms with Crippen LogP contribution in [0, 0.1) is 12.8 Å². The second-order valence-corrected chi connectivity index (χ2v) is 7.03. The third-order valence-electron chi connectivity index (χ3n) is 5.24. The Labute approximate surface area is 136 Å². The number of hydrogen-bond donors (Lipinski definition) is 2. The molecule has 1 saturated carbocycles. The molecule has 2 N–H and O–H groups in total. The van der Waals surface area contributed by atoms with Gasteiger partial charge in [-0.05, 0) is 57.7 Å². The predicted octanol–water partition coefficient (Wildman–Crippen LogP) is 2.25. The number of aryl methyl sites for hydroxylation is 1. The van der Waals surface area contributed by atoms with Crippen LogP contribution >= 0.6 is 0 Å². The Kier molecular flexibility index (Phi) is 3.60. The summed E-state index contributed by atoms with van der Waals surface area (Å²) in [4.78, 5) is 17.5. The Morgan fingerprint density at radius 2 is 2.26 bits per heavy atom. The number of fused-ring (bicyclic) bond motifs is 1. The van der Waals surface area contributed by atoms with E-state index in [1.807, 2.05) is 16.7 Å². The van der Waals surface area contributed by atoms with E-state index in [-0.39, 0.29) is 11.9 Å². The highest BCUT2D eigenvalue weighted by Gasteiger charge is 2.30. The van der Waals surface area contributed by atoms with Gasteiger partial charge in [-0.2, -0.15) is 0 Å². The van der Waals surface area contributed by atoms with E-state index in [2.05, 4.69) is 30.5 Å². The Morgan fingerprint density at radius 1 is 1.43 bits per heavy atom. The van der Waals surface area contributed by atoms with Gasteiger partial charge in [0.1, 0.15) is 5.65 Å². The van der Waals surface area contributed by atoms with Gasteiger partial charge in [-0.1, -0.05) is 0 Å². The van der Waals surface area contributed by atoms with E-state index >= 15 is 0 Å². The molecule has 2 unspecified atom stereocenters. The second-order valence-electron chi connectivity index (χ2n) is 7.03. The van der Waals surface area contributed by atoms with Crippen LogP contribution in [0.4, 0.5) is 0 Å². The van der Waals surface area contributed by atoms with Gasteiger partial charge in [-0.3, -0.25) is 4.79 Å². The largest absolute Gasteiger partial charge is 0.349 e. The van der Waals surface area contributed by atoms with Gasteiger partial charge in [0.15, 0.2) is 0 Å². The Balaban J connectivity index is 1.67. The molecule has 2 atom stereocenters. The third kappa shape index (κ3) is 2.74. The number of amides is 1. The van der Waals surface area contributed by atoms with Crippen molar-refractivity contribution < 1.29 is 4.79 Å². The first kappa shape index (κ1) is 14.7. The van der Waals surface area contributed by atoms with Crippen molar-refractivity contribution in [2.75, 3.05) is 13.1 Å². The van der Waals surface area contributed by atoms with Crippen molar-refractivity contribution in [3.63, 3.8) is 0 Å². The number of carbonyl (C=O) groups is 1.